The highest BCUT2D eigenvalue weighted by atomic mass is 19.1. The fourth-order valence-corrected chi connectivity index (χ4v) is 3.14. The Bertz CT molecular complexity index is 1210. The summed E-state index contributed by atoms with van der Waals surface area (Å²) in [6.45, 7) is 4.04. The second kappa shape index (κ2) is 10.3. The SMILES string of the molecule is COc1cc(/C=C(\C#N)C(=O)Nc2ccc(C)cc2C)ccc1OCc1cccc(F)c1. The fourth-order valence-electron chi connectivity index (χ4n) is 3.14. The van der Waals surface area contributed by atoms with Crippen LogP contribution in [-0.2, 0) is 11.4 Å². The molecule has 0 aliphatic rings. The fraction of sp³-hybridized carbons (Fsp3) is 0.154. The Hall–Kier alpha value is -4.11. The molecule has 0 saturated heterocycles. The van der Waals surface area contributed by atoms with Gasteiger partial charge in [-0.15, -0.1) is 0 Å². The van der Waals surface area contributed by atoms with Crippen LogP contribution in [-0.4, -0.2) is 13.0 Å². The second-order valence-corrected chi connectivity index (χ2v) is 7.27. The summed E-state index contributed by atoms with van der Waals surface area (Å²) in [5, 5.41) is 12.3. The minimum Gasteiger partial charge on any atom is -0.493 e. The van der Waals surface area contributed by atoms with Gasteiger partial charge >= 0.3 is 0 Å². The number of nitriles is 1. The lowest BCUT2D eigenvalue weighted by molar-refractivity contribution is -0.112. The van der Waals surface area contributed by atoms with Crippen LogP contribution in [0, 0.1) is 31.0 Å². The summed E-state index contributed by atoms with van der Waals surface area (Å²) in [7, 11) is 1.50. The summed E-state index contributed by atoms with van der Waals surface area (Å²) in [5.41, 5.74) is 3.90. The number of carbonyl (C=O) groups is 1. The summed E-state index contributed by atoms with van der Waals surface area (Å²) < 4.78 is 24.5. The number of carbonyl (C=O) groups excluding carboxylic acids is 1. The number of aryl methyl sites for hydroxylation is 2. The van der Waals surface area contributed by atoms with Gasteiger partial charge in [0.2, 0.25) is 0 Å². The summed E-state index contributed by atoms with van der Waals surface area (Å²) in [6.07, 6.45) is 1.48. The maximum atomic E-state index is 13.3. The van der Waals surface area contributed by atoms with E-state index in [9.17, 15) is 14.4 Å². The van der Waals surface area contributed by atoms with E-state index in [2.05, 4.69) is 5.32 Å². The lowest BCUT2D eigenvalue weighted by Crippen LogP contribution is -2.14. The van der Waals surface area contributed by atoms with Crippen LogP contribution in [0.5, 0.6) is 11.5 Å². The number of ether oxygens (including phenoxy) is 2. The molecular weight excluding hydrogens is 407 g/mol. The Labute approximate surface area is 186 Å². The summed E-state index contributed by atoms with van der Waals surface area (Å²) in [4.78, 5) is 12.6. The van der Waals surface area contributed by atoms with E-state index in [1.165, 1.54) is 25.3 Å². The number of nitrogens with zero attached hydrogens (tertiary/aromatic N) is 1. The standard InChI is InChI=1S/C26H23FN2O3/c1-17-7-9-23(18(2)11-17)29-26(30)21(15-28)12-19-8-10-24(25(14-19)31-3)32-16-20-5-4-6-22(27)13-20/h4-14H,16H2,1-3H3,(H,29,30)/b21-12+. The Balaban J connectivity index is 1.76. The monoisotopic (exact) mass is 430 g/mol. The molecule has 0 unspecified atom stereocenters. The molecule has 0 saturated carbocycles. The molecule has 1 N–H and O–H groups in total. The minimum atomic E-state index is -0.496. The van der Waals surface area contributed by atoms with Gasteiger partial charge in [-0.3, -0.25) is 4.79 Å². The zero-order chi connectivity index (χ0) is 23.1. The molecule has 5 nitrogen and oxygen atoms in total. The normalized spacial score (nSPS) is 10.9. The molecule has 6 heteroatoms. The Morgan fingerprint density at radius 1 is 1.09 bits per heavy atom. The smallest absolute Gasteiger partial charge is 0.266 e. The molecule has 0 fully saturated rings. The van der Waals surface area contributed by atoms with Crippen molar-refractivity contribution in [3.05, 3.63) is 94.3 Å². The van der Waals surface area contributed by atoms with Gasteiger partial charge in [0, 0.05) is 5.69 Å². The van der Waals surface area contributed by atoms with Crippen molar-refractivity contribution in [2.75, 3.05) is 12.4 Å². The van der Waals surface area contributed by atoms with Crippen LogP contribution in [0.3, 0.4) is 0 Å². The van der Waals surface area contributed by atoms with E-state index in [1.807, 2.05) is 38.1 Å². The highest BCUT2D eigenvalue weighted by molar-refractivity contribution is 6.10. The molecule has 1 amide bonds. The van der Waals surface area contributed by atoms with Crippen LogP contribution in [0.4, 0.5) is 10.1 Å². The molecule has 3 aromatic carbocycles. The average Bonchev–Trinajstić information content (AvgIpc) is 2.78. The molecule has 0 aliphatic carbocycles. The van der Waals surface area contributed by atoms with E-state index >= 15 is 0 Å². The van der Waals surface area contributed by atoms with Crippen molar-refractivity contribution in [1.82, 2.24) is 0 Å². The van der Waals surface area contributed by atoms with E-state index in [-0.39, 0.29) is 18.0 Å². The quantitative estimate of drug-likeness (QED) is 0.393. The molecule has 0 aromatic heterocycles. The number of methoxy groups -OCH3 is 1. The third-order valence-electron chi connectivity index (χ3n) is 4.78. The Morgan fingerprint density at radius 2 is 1.91 bits per heavy atom. The molecular formula is C26H23FN2O3. The zero-order valence-corrected chi connectivity index (χ0v) is 18.1. The maximum absolute atomic E-state index is 13.3. The second-order valence-electron chi connectivity index (χ2n) is 7.27. The van der Waals surface area contributed by atoms with Crippen LogP contribution >= 0.6 is 0 Å². The molecule has 0 aliphatic heterocycles. The number of benzene rings is 3. The van der Waals surface area contributed by atoms with Gasteiger partial charge in [-0.1, -0.05) is 35.9 Å². The van der Waals surface area contributed by atoms with E-state index < -0.39 is 5.91 Å². The number of anilines is 1. The molecule has 0 spiro atoms. The van der Waals surface area contributed by atoms with Crippen LogP contribution < -0.4 is 14.8 Å². The Kier molecular flexibility index (Phi) is 7.25. The van der Waals surface area contributed by atoms with Crippen LogP contribution in [0.25, 0.3) is 6.08 Å². The van der Waals surface area contributed by atoms with Crippen molar-refractivity contribution in [1.29, 1.82) is 5.26 Å². The van der Waals surface area contributed by atoms with Gasteiger partial charge in [-0.05, 0) is 66.9 Å². The highest BCUT2D eigenvalue weighted by Gasteiger charge is 2.12. The molecule has 3 rings (SSSR count). The van der Waals surface area contributed by atoms with Crippen molar-refractivity contribution >= 4 is 17.7 Å². The number of hydrogen-bond acceptors (Lipinski definition) is 4. The van der Waals surface area contributed by atoms with Gasteiger partial charge < -0.3 is 14.8 Å². The van der Waals surface area contributed by atoms with E-state index in [0.29, 0.717) is 28.3 Å². The first kappa shape index (κ1) is 22.6. The third kappa shape index (κ3) is 5.73. The maximum Gasteiger partial charge on any atom is 0.266 e. The van der Waals surface area contributed by atoms with Crippen molar-refractivity contribution < 1.29 is 18.7 Å². The molecule has 0 heterocycles. The van der Waals surface area contributed by atoms with Crippen molar-refractivity contribution in [3.8, 4) is 17.6 Å². The number of nitrogens with one attached hydrogen (secondary N) is 1. The van der Waals surface area contributed by atoms with Crippen molar-refractivity contribution in [3.63, 3.8) is 0 Å². The van der Waals surface area contributed by atoms with Gasteiger partial charge in [0.15, 0.2) is 11.5 Å². The molecule has 162 valence electrons. The number of rotatable bonds is 7. The van der Waals surface area contributed by atoms with E-state index in [0.717, 1.165) is 11.1 Å². The molecule has 0 radical (unpaired) electrons. The molecule has 32 heavy (non-hydrogen) atoms. The van der Waals surface area contributed by atoms with E-state index in [1.54, 1.807) is 30.3 Å². The van der Waals surface area contributed by atoms with Crippen molar-refractivity contribution in [2.45, 2.75) is 20.5 Å². The highest BCUT2D eigenvalue weighted by Crippen LogP contribution is 2.30. The largest absolute Gasteiger partial charge is 0.493 e. The van der Waals surface area contributed by atoms with Gasteiger partial charge in [0.1, 0.15) is 24.1 Å². The Morgan fingerprint density at radius 3 is 2.59 bits per heavy atom. The van der Waals surface area contributed by atoms with Crippen LogP contribution in [0.2, 0.25) is 0 Å². The lowest BCUT2D eigenvalue weighted by Gasteiger charge is -2.12. The number of hydrogen-bond donors (Lipinski definition) is 1. The first-order valence-corrected chi connectivity index (χ1v) is 9.95. The topological polar surface area (TPSA) is 71.3 Å². The van der Waals surface area contributed by atoms with Gasteiger partial charge in [-0.2, -0.15) is 5.26 Å². The third-order valence-corrected chi connectivity index (χ3v) is 4.78. The summed E-state index contributed by atoms with van der Waals surface area (Å²) >= 11 is 0. The predicted octanol–water partition coefficient (Wildman–Crippen LogP) is 5.58. The van der Waals surface area contributed by atoms with Crippen LogP contribution in [0.15, 0.2) is 66.2 Å². The number of halogens is 1. The average molecular weight is 430 g/mol. The van der Waals surface area contributed by atoms with Crippen LogP contribution in [0.1, 0.15) is 22.3 Å². The van der Waals surface area contributed by atoms with Gasteiger partial charge in [-0.25, -0.2) is 4.39 Å². The molecule has 3 aromatic rings. The summed E-state index contributed by atoms with van der Waals surface area (Å²) in [6, 6.07) is 18.8. The first-order chi connectivity index (χ1) is 15.4. The number of amides is 1. The minimum absolute atomic E-state index is 0.0412. The zero-order valence-electron chi connectivity index (χ0n) is 18.1. The molecule has 0 bridgehead atoms. The predicted molar refractivity (Wildman–Crippen MR) is 122 cm³/mol. The first-order valence-electron chi connectivity index (χ1n) is 9.95. The molecule has 0 atom stereocenters. The van der Waals surface area contributed by atoms with Gasteiger partial charge in [0.25, 0.3) is 5.91 Å². The van der Waals surface area contributed by atoms with Gasteiger partial charge in [0.05, 0.1) is 7.11 Å². The van der Waals surface area contributed by atoms with E-state index in [4.69, 9.17) is 9.47 Å². The summed E-state index contributed by atoms with van der Waals surface area (Å²) in [5.74, 6) is 0.0703. The lowest BCUT2D eigenvalue weighted by atomic mass is 10.1. The van der Waals surface area contributed by atoms with Crippen molar-refractivity contribution in [2.24, 2.45) is 0 Å².